The summed E-state index contributed by atoms with van der Waals surface area (Å²) < 4.78 is 25.5. The highest BCUT2D eigenvalue weighted by Crippen LogP contribution is 2.33. The maximum Gasteiger partial charge on any atom is 0.306 e. The molecular formula is C53H76N8O17S. The normalized spacial score (nSPS) is 25.6. The number of esters is 2. The van der Waals surface area contributed by atoms with Crippen LogP contribution in [0.25, 0.3) is 10.9 Å². The lowest BCUT2D eigenvalue weighted by molar-refractivity contribution is -0.155. The van der Waals surface area contributed by atoms with Crippen LogP contribution in [0.3, 0.4) is 0 Å². The molecule has 1 fully saturated rings. The Labute approximate surface area is 459 Å². The monoisotopic (exact) mass is 1130 g/mol. The van der Waals surface area contributed by atoms with Crippen LogP contribution in [-0.4, -0.2) is 168 Å². The van der Waals surface area contributed by atoms with Crippen LogP contribution in [0.4, 0.5) is 0 Å². The van der Waals surface area contributed by atoms with E-state index in [9.17, 15) is 67.5 Å². The van der Waals surface area contributed by atoms with Gasteiger partial charge in [-0.2, -0.15) is 0 Å². The van der Waals surface area contributed by atoms with E-state index in [0.717, 1.165) is 4.90 Å². The van der Waals surface area contributed by atoms with Crippen molar-refractivity contribution in [1.82, 2.24) is 36.5 Å². The summed E-state index contributed by atoms with van der Waals surface area (Å²) >= 11 is 0. The van der Waals surface area contributed by atoms with Gasteiger partial charge in [-0.3, -0.25) is 56.9 Å². The summed E-state index contributed by atoms with van der Waals surface area (Å²) in [6, 6.07) is -2.23. The number of aromatic nitrogens is 1. The fourth-order valence-corrected chi connectivity index (χ4v) is 11.2. The summed E-state index contributed by atoms with van der Waals surface area (Å²) in [5, 5.41) is 45.8. The third-order valence-electron chi connectivity index (χ3n) is 14.3. The maximum atomic E-state index is 15.0. The van der Waals surface area contributed by atoms with Gasteiger partial charge in [-0.25, -0.2) is 0 Å². The Bertz CT molecular complexity index is 2650. The van der Waals surface area contributed by atoms with Crippen LogP contribution in [0.2, 0.25) is 0 Å². The number of fused-ring (bicyclic) bond motifs is 5. The van der Waals surface area contributed by atoms with Crippen molar-refractivity contribution in [2.24, 2.45) is 29.4 Å². The number of aliphatic hydroxyl groups excluding tert-OH is 2. The van der Waals surface area contributed by atoms with Gasteiger partial charge in [0.2, 0.25) is 41.4 Å². The highest BCUT2D eigenvalue weighted by molar-refractivity contribution is 7.85. The van der Waals surface area contributed by atoms with Crippen molar-refractivity contribution in [3.05, 3.63) is 23.8 Å². The zero-order valence-electron chi connectivity index (χ0n) is 45.5. The molecule has 0 aliphatic carbocycles. The number of aromatic hydroxyl groups is 1. The molecule has 79 heavy (non-hydrogen) atoms. The number of amides is 7. The number of rotatable bonds is 15. The molecule has 436 valence electrons. The number of hydrogen-bond acceptors (Lipinski definition) is 17. The summed E-state index contributed by atoms with van der Waals surface area (Å²) in [6.07, 6.45) is -3.62. The number of nitrogens with two attached hydrogens (primary N) is 1. The molecule has 3 aliphatic rings. The topological polar surface area (TPSA) is 389 Å². The number of Topliss-reactive ketones (excluding diaryl/α,β-unsaturated/α-hetero) is 2. The lowest BCUT2D eigenvalue weighted by atomic mass is 9.85. The minimum atomic E-state index is -2.36. The molecule has 11 N–H and O–H groups in total. The predicted octanol–water partition coefficient (Wildman–Crippen LogP) is -0.506. The van der Waals surface area contributed by atoms with Crippen LogP contribution >= 0.6 is 0 Å². The van der Waals surface area contributed by atoms with Gasteiger partial charge >= 0.3 is 11.9 Å². The van der Waals surface area contributed by atoms with Gasteiger partial charge in [-0.15, -0.1) is 0 Å². The quantitative estimate of drug-likeness (QED) is 0.0793. The van der Waals surface area contributed by atoms with E-state index in [0.29, 0.717) is 37.5 Å². The number of carbonyl (C=O) groups is 11. The molecule has 0 saturated carbocycles. The third-order valence-corrected chi connectivity index (χ3v) is 15.7. The Morgan fingerprint density at radius 2 is 1.48 bits per heavy atom. The molecular weight excluding hydrogens is 1050 g/mol. The summed E-state index contributed by atoms with van der Waals surface area (Å²) in [4.78, 5) is 155. The van der Waals surface area contributed by atoms with Gasteiger partial charge in [0.1, 0.15) is 35.1 Å². The number of ether oxygens (including phenoxy) is 2. The Balaban J connectivity index is 1.57. The molecule has 1 aromatic carbocycles. The second-order valence-corrected chi connectivity index (χ2v) is 23.2. The number of H-pyrrole nitrogens is 1. The van der Waals surface area contributed by atoms with Gasteiger partial charge in [0, 0.05) is 68.4 Å². The number of hydrogen-bond donors (Lipinski definition) is 10. The third kappa shape index (κ3) is 18.1. The van der Waals surface area contributed by atoms with Crippen molar-refractivity contribution in [3.63, 3.8) is 0 Å². The van der Waals surface area contributed by atoms with E-state index in [2.05, 4.69) is 31.6 Å². The van der Waals surface area contributed by atoms with Crippen molar-refractivity contribution in [2.75, 3.05) is 32.0 Å². The van der Waals surface area contributed by atoms with Crippen molar-refractivity contribution >= 4 is 86.6 Å². The number of unbranched alkanes of at least 4 members (excludes halogenated alkanes) is 3. The fourth-order valence-electron chi connectivity index (χ4n) is 9.78. The number of ketones is 2. The number of phenols is 1. The Hall–Kier alpha value is -6.80. The molecule has 0 radical (unpaired) electrons. The number of phenolic OH excluding ortho intramolecular Hbond substituents is 1. The largest absolute Gasteiger partial charge is 0.508 e. The van der Waals surface area contributed by atoms with Crippen LogP contribution in [0.5, 0.6) is 5.75 Å². The minimum Gasteiger partial charge on any atom is -0.508 e. The van der Waals surface area contributed by atoms with E-state index in [-0.39, 0.29) is 40.7 Å². The second-order valence-electron chi connectivity index (χ2n) is 21.8. The molecule has 3 aliphatic heterocycles. The van der Waals surface area contributed by atoms with E-state index in [1.807, 2.05) is 0 Å². The highest BCUT2D eigenvalue weighted by atomic mass is 32.2. The number of primary amides is 1. The number of aromatic amines is 1. The van der Waals surface area contributed by atoms with E-state index < -0.39 is 199 Å². The van der Waals surface area contributed by atoms with Gasteiger partial charge in [0.25, 0.3) is 0 Å². The van der Waals surface area contributed by atoms with Crippen LogP contribution in [-0.2, 0) is 79.4 Å². The summed E-state index contributed by atoms with van der Waals surface area (Å²) in [6.45, 7) is 7.42. The number of nitrogens with one attached hydrogen (secondary N) is 6. The average Bonchev–Trinajstić information content (AvgIpc) is 3.98. The average molecular weight is 1130 g/mol. The van der Waals surface area contributed by atoms with E-state index >= 15 is 4.79 Å². The molecule has 1 aromatic heterocycles. The van der Waals surface area contributed by atoms with E-state index in [1.54, 1.807) is 34.6 Å². The zero-order chi connectivity index (χ0) is 58.5. The van der Waals surface area contributed by atoms with Crippen molar-refractivity contribution in [1.29, 1.82) is 0 Å². The number of aliphatic hydroxyl groups is 2. The fraction of sp³-hybridized carbons (Fsp3) is 0.642. The van der Waals surface area contributed by atoms with Gasteiger partial charge in [-0.05, 0) is 63.6 Å². The second kappa shape index (κ2) is 28.4. The van der Waals surface area contributed by atoms with Crippen molar-refractivity contribution in [3.8, 4) is 5.75 Å². The first-order valence-corrected chi connectivity index (χ1v) is 28.0. The molecule has 2 aromatic rings. The lowest BCUT2D eigenvalue weighted by Gasteiger charge is -2.32. The number of benzene rings is 1. The van der Waals surface area contributed by atoms with Gasteiger partial charge in [0.05, 0.1) is 65.4 Å². The smallest absolute Gasteiger partial charge is 0.306 e. The standard InChI is InChI=1S/C53H76N8O17S/c1-7-27(2)46-50(74)56-22-42(68)57-36-26-79(76)51-34(33-15-14-31(62)20-35(33)58-51)16-29(48(72)55-23-43(69)59-46)17-39(65)47(28(3)40(66)25-77-44(70)12-10-8-9-11-13-45(71)78-53(4,5)6)60-49(73)37-21-32(63)24-61(37)52(75)30(18-38(36)64)19-41(54)67/h14-15,20,27-30,32,36-37,40,46-47,58,62-63,66H,7-13,16-19,21-26H2,1-6H3,(H2,54,67)(H,55,72)(H,56,74)(H,57,68)(H,59,69)(H,60,73)/t27-,28-,29-,30-,32?,36?,37-,40-,46-,47-,79+/m0/s1. The molecule has 5 rings (SSSR count). The first kappa shape index (κ1) is 63.0. The number of nitrogens with zero attached hydrogens (tertiary/aromatic N) is 1. The Morgan fingerprint density at radius 1 is 0.835 bits per heavy atom. The Morgan fingerprint density at radius 3 is 2.13 bits per heavy atom. The van der Waals surface area contributed by atoms with Crippen molar-refractivity contribution < 1.29 is 81.7 Å². The molecule has 4 heterocycles. The zero-order valence-corrected chi connectivity index (χ0v) is 46.3. The Kier molecular flexibility index (Phi) is 22.6. The van der Waals surface area contributed by atoms with Crippen LogP contribution in [0.15, 0.2) is 23.2 Å². The SMILES string of the molecule is CC[C@H](C)[C@@H]1NC(=O)CNC(=O)[C@@H]2CC(=O)[C@H]([C@@H](C)[C@@H](O)COC(=O)CCCCCCC(=O)OC(C)(C)C)NC(=O)[C@@H]3CC(O)CN3C(=O)[C@H](CC(N)=O)CC(=O)C(C[S@@](=O)c3[nH]c4cc(O)ccc4c3C2)NC(=O)CNC1=O. The molecule has 11 atom stereocenters. The molecule has 1 saturated heterocycles. The van der Waals surface area contributed by atoms with Gasteiger partial charge in [0.15, 0.2) is 11.6 Å². The molecule has 2 unspecified atom stereocenters. The van der Waals surface area contributed by atoms with Crippen LogP contribution in [0, 0.1) is 23.7 Å². The maximum absolute atomic E-state index is 15.0. The minimum absolute atomic E-state index is 0.0569. The number of carbonyl (C=O) groups excluding carboxylic acids is 11. The molecule has 0 spiro atoms. The molecule has 25 nitrogen and oxygen atoms in total. The predicted molar refractivity (Wildman–Crippen MR) is 282 cm³/mol. The summed E-state index contributed by atoms with van der Waals surface area (Å²) in [5.41, 5.74) is 5.30. The lowest BCUT2D eigenvalue weighted by Crippen LogP contribution is -2.56. The van der Waals surface area contributed by atoms with Gasteiger partial charge < -0.3 is 67.0 Å². The van der Waals surface area contributed by atoms with E-state index in [4.69, 9.17) is 15.2 Å². The summed E-state index contributed by atoms with van der Waals surface area (Å²) in [5.74, 6) is -15.4. The van der Waals surface area contributed by atoms with Gasteiger partial charge in [-0.1, -0.05) is 40.0 Å². The highest BCUT2D eigenvalue weighted by Gasteiger charge is 2.45. The van der Waals surface area contributed by atoms with Crippen LogP contribution < -0.4 is 32.3 Å². The summed E-state index contributed by atoms with van der Waals surface area (Å²) in [7, 11) is -2.36. The van der Waals surface area contributed by atoms with E-state index in [1.165, 1.54) is 25.1 Å². The molecule has 26 heteroatoms. The molecule has 2 bridgehead atoms. The molecule has 7 amide bonds. The van der Waals surface area contributed by atoms with Crippen LogP contribution in [0.1, 0.15) is 118 Å². The van der Waals surface area contributed by atoms with Crippen molar-refractivity contribution in [2.45, 2.75) is 166 Å². The first-order chi connectivity index (χ1) is 37.1. The first-order valence-electron chi connectivity index (χ1n) is 26.7.